The number of amides is 2. The third-order valence-corrected chi connectivity index (χ3v) is 8.44. The molecule has 202 valence electrons. The van der Waals surface area contributed by atoms with E-state index in [4.69, 9.17) is 11.6 Å². The Morgan fingerprint density at radius 3 is 2.38 bits per heavy atom. The zero-order valence-corrected chi connectivity index (χ0v) is 23.7. The molecule has 9 heteroatoms. The highest BCUT2D eigenvalue weighted by Crippen LogP contribution is 2.26. The molecule has 0 aliphatic heterocycles. The van der Waals surface area contributed by atoms with Crippen molar-refractivity contribution in [3.8, 4) is 0 Å². The van der Waals surface area contributed by atoms with E-state index in [1.165, 1.54) is 11.3 Å². The summed E-state index contributed by atoms with van der Waals surface area (Å²) < 4.78 is 26.6. The lowest BCUT2D eigenvalue weighted by atomic mass is 9.95. The van der Waals surface area contributed by atoms with Crippen molar-refractivity contribution in [1.29, 1.82) is 0 Å². The number of carbonyl (C=O) groups excluding carboxylic acids is 2. The summed E-state index contributed by atoms with van der Waals surface area (Å²) in [5.74, 6) is -0.644. The maximum Gasteiger partial charge on any atom is 0.244 e. The molecule has 0 heterocycles. The van der Waals surface area contributed by atoms with Crippen molar-refractivity contribution < 1.29 is 18.0 Å². The Bertz CT molecular complexity index is 1210. The quantitative estimate of drug-likeness (QED) is 0.454. The molecule has 1 N–H and O–H groups in total. The number of hydrogen-bond donors (Lipinski definition) is 1. The maximum atomic E-state index is 13.8. The van der Waals surface area contributed by atoms with Crippen molar-refractivity contribution in [3.05, 3.63) is 64.2 Å². The highest BCUT2D eigenvalue weighted by Gasteiger charge is 2.33. The van der Waals surface area contributed by atoms with E-state index in [0.29, 0.717) is 17.1 Å². The molecule has 1 saturated carbocycles. The van der Waals surface area contributed by atoms with Crippen molar-refractivity contribution in [1.82, 2.24) is 10.2 Å². The van der Waals surface area contributed by atoms with E-state index in [2.05, 4.69) is 5.32 Å². The molecule has 3 rings (SSSR count). The third kappa shape index (κ3) is 7.95. The van der Waals surface area contributed by atoms with Crippen LogP contribution in [-0.4, -0.2) is 50.0 Å². The van der Waals surface area contributed by atoms with Gasteiger partial charge in [0, 0.05) is 17.6 Å². The van der Waals surface area contributed by atoms with Gasteiger partial charge in [0.05, 0.1) is 11.9 Å². The normalized spacial score (nSPS) is 15.2. The lowest BCUT2D eigenvalue weighted by molar-refractivity contribution is -0.140. The van der Waals surface area contributed by atoms with Crippen molar-refractivity contribution in [2.24, 2.45) is 0 Å². The van der Waals surface area contributed by atoms with Crippen LogP contribution in [0, 0.1) is 13.8 Å². The van der Waals surface area contributed by atoms with Gasteiger partial charge in [-0.05, 0) is 56.4 Å². The SMILES string of the molecule is CC[C@H](C(=O)NC1CCCCC1)N(Cc1cccc(C)c1)C(=O)CN(c1ccc(C)c(Cl)c1)S(C)(=O)=O. The van der Waals surface area contributed by atoms with Crippen molar-refractivity contribution in [2.45, 2.75) is 77.9 Å². The molecule has 0 radical (unpaired) electrons. The number of benzene rings is 2. The van der Waals surface area contributed by atoms with Gasteiger partial charge in [0.25, 0.3) is 0 Å². The molecule has 1 fully saturated rings. The Labute approximate surface area is 226 Å². The number of rotatable bonds is 10. The predicted molar refractivity (Wildman–Crippen MR) is 149 cm³/mol. The molecule has 0 aromatic heterocycles. The molecular weight excluding hydrogens is 510 g/mol. The number of sulfonamides is 1. The van der Waals surface area contributed by atoms with E-state index >= 15 is 0 Å². The molecule has 7 nitrogen and oxygen atoms in total. The average molecular weight is 548 g/mol. The fourth-order valence-electron chi connectivity index (χ4n) is 4.82. The lowest BCUT2D eigenvalue weighted by Gasteiger charge is -2.34. The molecule has 2 aromatic carbocycles. The van der Waals surface area contributed by atoms with Gasteiger partial charge in [0.2, 0.25) is 21.8 Å². The number of aryl methyl sites for hydroxylation is 2. The minimum atomic E-state index is -3.80. The van der Waals surface area contributed by atoms with Crippen LogP contribution in [-0.2, 0) is 26.2 Å². The second kappa shape index (κ2) is 12.8. The minimum Gasteiger partial charge on any atom is -0.352 e. The molecule has 1 aliphatic rings. The van der Waals surface area contributed by atoms with Crippen LogP contribution < -0.4 is 9.62 Å². The Hall–Kier alpha value is -2.58. The minimum absolute atomic E-state index is 0.105. The van der Waals surface area contributed by atoms with Crippen LogP contribution in [0.25, 0.3) is 0 Å². The van der Waals surface area contributed by atoms with E-state index in [9.17, 15) is 18.0 Å². The summed E-state index contributed by atoms with van der Waals surface area (Å²) in [6.45, 7) is 5.42. The van der Waals surface area contributed by atoms with E-state index in [1.54, 1.807) is 18.2 Å². The Morgan fingerprint density at radius 2 is 1.78 bits per heavy atom. The highest BCUT2D eigenvalue weighted by atomic mass is 35.5. The number of anilines is 1. The molecule has 0 spiro atoms. The van der Waals surface area contributed by atoms with Gasteiger partial charge >= 0.3 is 0 Å². The molecular formula is C28H38ClN3O4S. The molecule has 1 atom stereocenters. The summed E-state index contributed by atoms with van der Waals surface area (Å²) in [6.07, 6.45) is 6.67. The third-order valence-electron chi connectivity index (χ3n) is 6.90. The first-order chi connectivity index (χ1) is 17.5. The molecule has 1 aliphatic carbocycles. The van der Waals surface area contributed by atoms with E-state index in [1.807, 2.05) is 45.0 Å². The second-order valence-electron chi connectivity index (χ2n) is 9.98. The summed E-state index contributed by atoms with van der Waals surface area (Å²) in [4.78, 5) is 28.8. The van der Waals surface area contributed by atoms with Gasteiger partial charge in [-0.2, -0.15) is 0 Å². The van der Waals surface area contributed by atoms with Crippen LogP contribution in [0.2, 0.25) is 5.02 Å². The maximum absolute atomic E-state index is 13.8. The molecule has 0 unspecified atom stereocenters. The number of carbonyl (C=O) groups is 2. The topological polar surface area (TPSA) is 86.8 Å². The van der Waals surface area contributed by atoms with Gasteiger partial charge < -0.3 is 10.2 Å². The number of nitrogens with zero attached hydrogens (tertiary/aromatic N) is 2. The predicted octanol–water partition coefficient (Wildman–Crippen LogP) is 4.98. The summed E-state index contributed by atoms with van der Waals surface area (Å²) in [5, 5.41) is 3.56. The molecule has 0 saturated heterocycles. The number of halogens is 1. The molecule has 0 bridgehead atoms. The largest absolute Gasteiger partial charge is 0.352 e. The van der Waals surface area contributed by atoms with Gasteiger partial charge in [-0.3, -0.25) is 13.9 Å². The van der Waals surface area contributed by atoms with Crippen LogP contribution in [0.3, 0.4) is 0 Å². The zero-order valence-electron chi connectivity index (χ0n) is 22.2. The van der Waals surface area contributed by atoms with Crippen molar-refractivity contribution in [3.63, 3.8) is 0 Å². The van der Waals surface area contributed by atoms with Crippen LogP contribution in [0.15, 0.2) is 42.5 Å². The van der Waals surface area contributed by atoms with Gasteiger partial charge in [0.15, 0.2) is 0 Å². The Morgan fingerprint density at radius 1 is 1.08 bits per heavy atom. The second-order valence-corrected chi connectivity index (χ2v) is 12.3. The van der Waals surface area contributed by atoms with E-state index in [-0.39, 0.29) is 18.5 Å². The molecule has 2 amide bonds. The molecule has 37 heavy (non-hydrogen) atoms. The lowest BCUT2D eigenvalue weighted by Crippen LogP contribution is -2.53. The van der Waals surface area contributed by atoms with Crippen molar-refractivity contribution >= 4 is 39.1 Å². The van der Waals surface area contributed by atoms with E-state index < -0.39 is 28.5 Å². The highest BCUT2D eigenvalue weighted by molar-refractivity contribution is 7.92. The monoisotopic (exact) mass is 547 g/mol. The number of hydrogen-bond acceptors (Lipinski definition) is 4. The van der Waals surface area contributed by atoms with Gasteiger partial charge in [0.1, 0.15) is 12.6 Å². The first-order valence-electron chi connectivity index (χ1n) is 12.9. The van der Waals surface area contributed by atoms with Crippen LogP contribution in [0.5, 0.6) is 0 Å². The van der Waals surface area contributed by atoms with Crippen LogP contribution >= 0.6 is 11.6 Å². The van der Waals surface area contributed by atoms with Crippen molar-refractivity contribution in [2.75, 3.05) is 17.1 Å². The summed E-state index contributed by atoms with van der Waals surface area (Å²) in [6, 6.07) is 12.0. The van der Waals surface area contributed by atoms with E-state index in [0.717, 1.165) is 52.9 Å². The Kier molecular flexibility index (Phi) is 10.0. The van der Waals surface area contributed by atoms with Crippen LogP contribution in [0.1, 0.15) is 62.1 Å². The number of nitrogens with one attached hydrogen (secondary N) is 1. The zero-order chi connectivity index (χ0) is 27.2. The summed E-state index contributed by atoms with van der Waals surface area (Å²) in [7, 11) is -3.80. The molecule has 2 aromatic rings. The average Bonchev–Trinajstić information content (AvgIpc) is 2.84. The summed E-state index contributed by atoms with van der Waals surface area (Å²) >= 11 is 6.27. The first-order valence-corrected chi connectivity index (χ1v) is 15.1. The summed E-state index contributed by atoms with van der Waals surface area (Å²) in [5.41, 5.74) is 3.02. The Balaban J connectivity index is 1.93. The van der Waals surface area contributed by atoms with Crippen LogP contribution in [0.4, 0.5) is 5.69 Å². The van der Waals surface area contributed by atoms with Gasteiger partial charge in [-0.25, -0.2) is 8.42 Å². The standard InChI is InChI=1S/C28H38ClN3O4S/c1-5-26(28(34)30-23-12-7-6-8-13-23)31(18-22-11-9-10-20(2)16-22)27(33)19-32(37(4,35)36)24-15-14-21(3)25(29)17-24/h9-11,14-17,23,26H,5-8,12-13,18-19H2,1-4H3,(H,30,34)/t26-/m1/s1. The van der Waals surface area contributed by atoms with Gasteiger partial charge in [-0.15, -0.1) is 0 Å². The van der Waals surface area contributed by atoms with Gasteiger partial charge in [-0.1, -0.05) is 73.7 Å². The first kappa shape index (κ1) is 29.0. The fraction of sp³-hybridized carbons (Fsp3) is 0.500. The fourth-order valence-corrected chi connectivity index (χ4v) is 5.84. The smallest absolute Gasteiger partial charge is 0.244 e.